The van der Waals surface area contributed by atoms with Crippen molar-refractivity contribution in [2.75, 3.05) is 40.3 Å². The van der Waals surface area contributed by atoms with Crippen LogP contribution in [-0.2, 0) is 44.8 Å². The van der Waals surface area contributed by atoms with E-state index in [1.54, 1.807) is 87.1 Å². The molecule has 141 heavy (non-hydrogen) atoms. The predicted octanol–water partition coefficient (Wildman–Crippen LogP) is 18.8. The molecule has 4 saturated heterocycles. The summed E-state index contributed by atoms with van der Waals surface area (Å²) in [6.07, 6.45) is 9.44. The molecule has 7 aromatic carbocycles. The van der Waals surface area contributed by atoms with Gasteiger partial charge in [-0.25, -0.2) is 19.9 Å². The van der Waals surface area contributed by atoms with Gasteiger partial charge in [0, 0.05) is 58.8 Å². The molecule has 13 atom stereocenters. The number of likely N-dealkylation sites (tertiary alicyclic amines) is 4. The average Bonchev–Trinajstić information content (AvgIpc) is 1.50. The van der Waals surface area contributed by atoms with Gasteiger partial charge in [-0.1, -0.05) is 289 Å². The maximum Gasteiger partial charge on any atom is 0.246 e. The van der Waals surface area contributed by atoms with Crippen LogP contribution < -0.4 is 43.4 Å². The Hall–Kier alpha value is -11.6. The molecule has 746 valence electrons. The number of carbonyl (C=O) groups excluding carboxylic acids is 8. The van der Waals surface area contributed by atoms with E-state index in [4.69, 9.17) is 31.4 Å². The fourth-order valence-electron chi connectivity index (χ4n) is 19.0. The van der Waals surface area contributed by atoms with Crippen LogP contribution in [0.5, 0.6) is 0 Å². The molecule has 10 N–H and O–H groups in total. The SMILES string of the molecule is CC(C)[C@@H](NC(=O)[C@@H](C)N)C(=O)N1CCC[C@@H]1c1nc(C(c2ccccc2)c2ccccc2)cs1.CN[C@@H](C)C(=O)NC(C(=O)N1CCCC1c1nc(C(c2ccccc2)c2ccccc2)cs1)C(C)(C)C.CN[C@@H](C)C(=O)N[C@H](C(=O)N1CCC[C@H]1c1nc(-c2ccccc2-c2ccccc2)cs1)C(C)(C)C.C[C@H](N)C(=O)N[C@H](C(=O)N1CC[C@H](C)[C@H]1c1nc(C2=CCc3ccccc32)cs1)C(C)(C)C. The number of benzene rings is 7. The van der Waals surface area contributed by atoms with Crippen molar-refractivity contribution in [3.05, 3.63) is 298 Å². The number of fused-ring (bicyclic) bond motifs is 1. The second-order valence-electron chi connectivity index (χ2n) is 41.3. The highest BCUT2D eigenvalue weighted by molar-refractivity contribution is 7.10. The van der Waals surface area contributed by atoms with Crippen LogP contribution >= 0.6 is 45.3 Å². The van der Waals surface area contributed by atoms with E-state index in [1.807, 2.05) is 150 Å². The Balaban J connectivity index is 0.000000158. The van der Waals surface area contributed by atoms with Crippen molar-refractivity contribution >= 4 is 98.2 Å². The number of hydrogen-bond acceptors (Lipinski definition) is 20. The molecule has 0 radical (unpaired) electrons. The Morgan fingerprint density at radius 1 is 0.376 bits per heavy atom. The van der Waals surface area contributed by atoms with Gasteiger partial charge in [-0.15, -0.1) is 45.3 Å². The molecule has 24 nitrogen and oxygen atoms in total. The number of carbonyl (C=O) groups is 8. The molecule has 8 amide bonds. The molecule has 28 heteroatoms. The van der Waals surface area contributed by atoms with E-state index in [0.29, 0.717) is 32.1 Å². The molecule has 11 aromatic rings. The van der Waals surface area contributed by atoms with Gasteiger partial charge < -0.3 is 63.0 Å². The van der Waals surface area contributed by atoms with Crippen molar-refractivity contribution < 1.29 is 38.4 Å². The lowest BCUT2D eigenvalue weighted by Gasteiger charge is -2.36. The van der Waals surface area contributed by atoms with Crippen molar-refractivity contribution in [2.24, 2.45) is 39.5 Å². The minimum Gasteiger partial charge on any atom is -0.343 e. The summed E-state index contributed by atoms with van der Waals surface area (Å²) in [4.78, 5) is 133. The number of nitrogens with zero attached hydrogens (tertiary/aromatic N) is 8. The first-order valence-electron chi connectivity index (χ1n) is 49.6. The van der Waals surface area contributed by atoms with Crippen LogP contribution in [0.1, 0.15) is 262 Å². The van der Waals surface area contributed by atoms with Crippen LogP contribution in [-0.4, -0.2) is 175 Å². The Bertz CT molecular complexity index is 5990. The third kappa shape index (κ3) is 26.1. The monoisotopic (exact) mass is 1980 g/mol. The zero-order valence-electron chi connectivity index (χ0n) is 84.8. The summed E-state index contributed by atoms with van der Waals surface area (Å²) in [7, 11) is 3.48. The number of nitrogens with two attached hydrogens (primary N) is 2. The highest BCUT2D eigenvalue weighted by Crippen LogP contribution is 2.47. The van der Waals surface area contributed by atoms with E-state index in [2.05, 4.69) is 212 Å². The van der Waals surface area contributed by atoms with Crippen LogP contribution in [0.15, 0.2) is 228 Å². The highest BCUT2D eigenvalue weighted by atomic mass is 32.1. The molecule has 0 saturated carbocycles. The molecule has 4 fully saturated rings. The summed E-state index contributed by atoms with van der Waals surface area (Å²) in [6, 6.07) is 63.9. The van der Waals surface area contributed by atoms with E-state index in [0.717, 1.165) is 111 Å². The van der Waals surface area contributed by atoms with Crippen molar-refractivity contribution in [3.63, 3.8) is 0 Å². The zero-order chi connectivity index (χ0) is 101. The summed E-state index contributed by atoms with van der Waals surface area (Å²) in [5.74, 6) is -0.843. The Morgan fingerprint density at radius 3 is 1.14 bits per heavy atom. The van der Waals surface area contributed by atoms with Gasteiger partial charge in [0.2, 0.25) is 47.3 Å². The van der Waals surface area contributed by atoms with Gasteiger partial charge in [0.05, 0.1) is 82.9 Å². The first kappa shape index (κ1) is 107. The smallest absolute Gasteiger partial charge is 0.246 e. The molecule has 8 heterocycles. The van der Waals surface area contributed by atoms with Gasteiger partial charge in [-0.2, -0.15) is 0 Å². The molecule has 4 aliphatic heterocycles. The number of nitrogens with one attached hydrogen (secondary N) is 6. The number of amides is 8. The summed E-state index contributed by atoms with van der Waals surface area (Å²) in [5, 5.41) is 30.0. The molecule has 16 rings (SSSR count). The highest BCUT2D eigenvalue weighted by Gasteiger charge is 2.48. The molecule has 5 aliphatic rings. The number of likely N-dealkylation sites (N-methyl/N-ethyl adjacent to an activating group) is 2. The van der Waals surface area contributed by atoms with Crippen molar-refractivity contribution in [2.45, 2.75) is 246 Å². The van der Waals surface area contributed by atoms with Gasteiger partial charge in [0.15, 0.2) is 0 Å². The van der Waals surface area contributed by atoms with Gasteiger partial charge in [-0.3, -0.25) is 38.4 Å². The van der Waals surface area contributed by atoms with Crippen LogP contribution in [0, 0.1) is 28.1 Å². The second kappa shape index (κ2) is 48.0. The van der Waals surface area contributed by atoms with Crippen LogP contribution in [0.25, 0.3) is 28.0 Å². The van der Waals surface area contributed by atoms with Crippen LogP contribution in [0.2, 0.25) is 0 Å². The Labute approximate surface area is 849 Å². The minimum absolute atomic E-state index is 0.0293. The fourth-order valence-corrected chi connectivity index (χ4v) is 23.0. The normalized spacial score (nSPS) is 18.6. The van der Waals surface area contributed by atoms with Crippen LogP contribution in [0.4, 0.5) is 0 Å². The molecule has 2 unspecified atom stereocenters. The largest absolute Gasteiger partial charge is 0.343 e. The van der Waals surface area contributed by atoms with Gasteiger partial charge in [0.1, 0.15) is 44.2 Å². The first-order chi connectivity index (χ1) is 67.3. The lowest BCUT2D eigenvalue weighted by Crippen LogP contribution is -2.57. The maximum atomic E-state index is 13.9. The second-order valence-corrected chi connectivity index (χ2v) is 44.9. The summed E-state index contributed by atoms with van der Waals surface area (Å²) in [6.45, 7) is 33.5. The lowest BCUT2D eigenvalue weighted by atomic mass is 9.85. The standard InChI is InChI=1S/C30H38N4O2S.C29H36N4O2S.C28H34N4O2S.C26H34N4O2S/c1-20(31-5)27(35)33-26(30(2,3)4)29(36)34-18-12-17-24(34)28-32-23(19-37-28)25(21-13-8-6-9-14-21)22-15-10-7-11-16-22;1-19(30-5)26(34)32-25(29(2,3)4)28(35)33-17-11-16-24(33)27-31-23(18-36-27)22-15-10-9-14-21(22)20-12-7-6-8-13-20;1-18(2)25(31-26(33)19(3)29)28(34)32-16-10-15-23(32)27-30-22(17-35-27)24(20-11-6-4-7-12-20)21-13-8-5-9-14-21;1-15-12-13-30(25(32)22(26(3,4)5)29-23(31)16(2)27)21(15)24-28-20(14-33-24)19-11-10-17-8-6-7-9-18(17)19/h6-11,13-16,19-20,24-26,31H,12,17-18H2,1-5H3,(H,33,35);6-10,12-15,18-19,24-25,30H,11,16-17H2,1-5H3,(H,32,34);4-9,11-14,17-19,23-25H,10,15-16,29H2,1-3H3,(H,31,33);6-9,11,14-16,21-22H,10,12-13,27H2,1-5H3,(H,29,31)/t20-,24?,26?;19-,24-,25+;19-,23-,25-;15-,16-,21-,22+/m0010/s1. The topological polar surface area (TPSA) is 325 Å². The molecule has 0 spiro atoms. The van der Waals surface area contributed by atoms with Gasteiger partial charge in [-0.05, 0) is 166 Å². The number of rotatable bonds is 28. The van der Waals surface area contributed by atoms with Gasteiger partial charge >= 0.3 is 0 Å². The van der Waals surface area contributed by atoms with E-state index < -0.39 is 52.5 Å². The van der Waals surface area contributed by atoms with E-state index in [1.165, 1.54) is 39.0 Å². The van der Waals surface area contributed by atoms with Crippen molar-refractivity contribution in [1.82, 2.24) is 71.4 Å². The number of aromatic nitrogens is 4. The summed E-state index contributed by atoms with van der Waals surface area (Å²) >= 11 is 6.46. The minimum atomic E-state index is -0.667. The number of hydrogen-bond donors (Lipinski definition) is 8. The van der Waals surface area contributed by atoms with Crippen LogP contribution in [0.3, 0.4) is 0 Å². The number of thiazole rings is 4. The van der Waals surface area contributed by atoms with E-state index >= 15 is 0 Å². The fraction of sp³-hybridized carbons (Fsp3) is 0.434. The third-order valence-corrected chi connectivity index (χ3v) is 31.0. The summed E-state index contributed by atoms with van der Waals surface area (Å²) < 4.78 is 0. The third-order valence-electron chi connectivity index (χ3n) is 27.3. The lowest BCUT2D eigenvalue weighted by molar-refractivity contribution is -0.141. The van der Waals surface area contributed by atoms with E-state index in [9.17, 15) is 38.4 Å². The average molecular weight is 1980 g/mol. The van der Waals surface area contributed by atoms with Crippen molar-refractivity contribution in [1.29, 1.82) is 0 Å². The van der Waals surface area contributed by atoms with Gasteiger partial charge in [0.25, 0.3) is 0 Å². The maximum absolute atomic E-state index is 13.9. The quantitative estimate of drug-likeness (QED) is 0.0226. The summed E-state index contributed by atoms with van der Waals surface area (Å²) in [5.41, 5.74) is 26.0. The first-order valence-corrected chi connectivity index (χ1v) is 53.1. The molecular weight excluding hydrogens is 1840 g/mol. The zero-order valence-corrected chi connectivity index (χ0v) is 88.1. The number of allylic oxidation sites excluding steroid dienone is 1. The predicted molar refractivity (Wildman–Crippen MR) is 569 cm³/mol. The molecule has 1 aliphatic carbocycles. The molecule has 4 aromatic heterocycles. The Morgan fingerprint density at radius 2 is 0.723 bits per heavy atom. The van der Waals surface area contributed by atoms with E-state index in [-0.39, 0.29) is 101 Å². The molecular formula is C113H142N16O8S4. The Kier molecular flexibility index (Phi) is 36.3. The molecule has 0 bridgehead atoms. The van der Waals surface area contributed by atoms with Crippen molar-refractivity contribution in [3.8, 4) is 22.4 Å².